The van der Waals surface area contributed by atoms with Gasteiger partial charge in [0.05, 0.1) is 4.92 Å². The second-order valence-corrected chi connectivity index (χ2v) is 5.15. The summed E-state index contributed by atoms with van der Waals surface area (Å²) >= 11 is 0. The molecule has 1 N–H and O–H groups in total. The number of benzene rings is 1. The lowest BCUT2D eigenvalue weighted by molar-refractivity contribution is -0.384. The zero-order valence-electron chi connectivity index (χ0n) is 11.4. The summed E-state index contributed by atoms with van der Waals surface area (Å²) in [6, 6.07) is 4.59. The van der Waals surface area contributed by atoms with E-state index < -0.39 is 4.92 Å². The monoisotopic (exact) mass is 278 g/mol. The predicted molar refractivity (Wildman–Crippen MR) is 75.1 cm³/mol. The summed E-state index contributed by atoms with van der Waals surface area (Å²) in [7, 11) is 0. The van der Waals surface area contributed by atoms with E-state index in [1.807, 2.05) is 4.90 Å². The van der Waals surface area contributed by atoms with Gasteiger partial charge in [0.15, 0.2) is 5.78 Å². The number of piperidine rings is 1. The summed E-state index contributed by atoms with van der Waals surface area (Å²) in [6.45, 7) is 2.82. The number of carbonyl (C=O) groups excluding carboxylic acids is 1. The van der Waals surface area contributed by atoms with Gasteiger partial charge < -0.3 is 10.0 Å². The van der Waals surface area contributed by atoms with Crippen LogP contribution in [0.3, 0.4) is 0 Å². The smallest absolute Gasteiger partial charge is 0.293 e. The maximum atomic E-state index is 11.3. The van der Waals surface area contributed by atoms with Crippen LogP contribution < -0.4 is 4.90 Å². The number of aliphatic hydroxyl groups excluding tert-OH is 1. The second-order valence-electron chi connectivity index (χ2n) is 5.15. The highest BCUT2D eigenvalue weighted by Gasteiger charge is 2.25. The quantitative estimate of drug-likeness (QED) is 0.517. The van der Waals surface area contributed by atoms with E-state index >= 15 is 0 Å². The van der Waals surface area contributed by atoms with Crippen LogP contribution in [-0.2, 0) is 0 Å². The van der Waals surface area contributed by atoms with Crippen molar-refractivity contribution in [3.8, 4) is 0 Å². The van der Waals surface area contributed by atoms with E-state index in [1.165, 1.54) is 13.0 Å². The highest BCUT2D eigenvalue weighted by atomic mass is 16.6. The molecule has 6 heteroatoms. The summed E-state index contributed by atoms with van der Waals surface area (Å²) in [5.74, 6) is -0.0395. The van der Waals surface area contributed by atoms with E-state index in [4.69, 9.17) is 0 Å². The highest BCUT2D eigenvalue weighted by Crippen LogP contribution is 2.32. The molecule has 6 nitrogen and oxygen atoms in total. The van der Waals surface area contributed by atoms with E-state index in [0.717, 1.165) is 19.4 Å². The number of nitro benzene ring substituents is 1. The van der Waals surface area contributed by atoms with Crippen LogP contribution in [0, 0.1) is 16.0 Å². The lowest BCUT2D eigenvalue weighted by Crippen LogP contribution is -2.37. The maximum absolute atomic E-state index is 11.3. The van der Waals surface area contributed by atoms with Crippen molar-refractivity contribution >= 4 is 17.2 Å². The Morgan fingerprint density at radius 1 is 1.55 bits per heavy atom. The van der Waals surface area contributed by atoms with Crippen LogP contribution >= 0.6 is 0 Å². The SMILES string of the molecule is CC(=O)c1ccc(N2CCCC(CO)C2)c([N+](=O)[O-])c1. The molecule has 1 fully saturated rings. The number of ketones is 1. The Morgan fingerprint density at radius 3 is 2.90 bits per heavy atom. The van der Waals surface area contributed by atoms with Crippen LogP contribution in [0.1, 0.15) is 30.1 Å². The molecule has 0 amide bonds. The van der Waals surface area contributed by atoms with Gasteiger partial charge in [0.2, 0.25) is 0 Å². The van der Waals surface area contributed by atoms with Crippen molar-refractivity contribution in [1.82, 2.24) is 0 Å². The molecule has 108 valence electrons. The minimum Gasteiger partial charge on any atom is -0.396 e. The van der Waals surface area contributed by atoms with Crippen molar-refractivity contribution in [2.45, 2.75) is 19.8 Å². The van der Waals surface area contributed by atoms with Crippen LogP contribution in [0.25, 0.3) is 0 Å². The van der Waals surface area contributed by atoms with E-state index in [1.54, 1.807) is 12.1 Å². The standard InChI is InChI=1S/C14H18N2O4/c1-10(18)12-4-5-13(14(7-12)16(19)20)15-6-2-3-11(8-15)9-17/h4-5,7,11,17H,2-3,6,8-9H2,1H3. The van der Waals surface area contributed by atoms with Gasteiger partial charge >= 0.3 is 0 Å². The van der Waals surface area contributed by atoms with E-state index in [9.17, 15) is 20.0 Å². The van der Waals surface area contributed by atoms with Crippen LogP contribution in [0.4, 0.5) is 11.4 Å². The highest BCUT2D eigenvalue weighted by molar-refractivity contribution is 5.95. The first kappa shape index (κ1) is 14.5. The lowest BCUT2D eigenvalue weighted by Gasteiger charge is -2.33. The van der Waals surface area contributed by atoms with Crippen molar-refractivity contribution in [2.75, 3.05) is 24.6 Å². The Morgan fingerprint density at radius 2 is 2.30 bits per heavy atom. The van der Waals surface area contributed by atoms with Gasteiger partial charge in [-0.05, 0) is 37.8 Å². The number of hydrogen-bond donors (Lipinski definition) is 1. The van der Waals surface area contributed by atoms with Gasteiger partial charge in [-0.3, -0.25) is 14.9 Å². The van der Waals surface area contributed by atoms with Crippen molar-refractivity contribution in [3.63, 3.8) is 0 Å². The second kappa shape index (κ2) is 6.00. The fourth-order valence-corrected chi connectivity index (χ4v) is 2.59. The molecule has 0 bridgehead atoms. The molecule has 1 unspecified atom stereocenters. The average Bonchev–Trinajstić information content (AvgIpc) is 2.46. The number of hydrogen-bond acceptors (Lipinski definition) is 5. The third kappa shape index (κ3) is 2.96. The Labute approximate surface area is 117 Å². The zero-order valence-corrected chi connectivity index (χ0v) is 11.4. The van der Waals surface area contributed by atoms with E-state index in [2.05, 4.69) is 0 Å². The molecular formula is C14H18N2O4. The first-order valence-corrected chi connectivity index (χ1v) is 6.68. The molecule has 1 aromatic carbocycles. The molecular weight excluding hydrogens is 260 g/mol. The summed E-state index contributed by atoms with van der Waals surface area (Å²) in [5, 5.41) is 20.5. The molecule has 0 spiro atoms. The Hall–Kier alpha value is -1.95. The number of aliphatic hydroxyl groups is 1. The van der Waals surface area contributed by atoms with Crippen molar-refractivity contribution in [2.24, 2.45) is 5.92 Å². The molecule has 0 aromatic heterocycles. The number of nitrogens with zero attached hydrogens (tertiary/aromatic N) is 2. The molecule has 2 rings (SSSR count). The molecule has 1 aliphatic rings. The molecule has 0 saturated carbocycles. The molecule has 1 atom stereocenters. The van der Waals surface area contributed by atoms with Crippen LogP contribution in [0.15, 0.2) is 18.2 Å². The Kier molecular flexibility index (Phi) is 4.34. The molecule has 1 heterocycles. The normalized spacial score (nSPS) is 18.9. The van der Waals surface area contributed by atoms with Crippen molar-refractivity contribution in [1.29, 1.82) is 0 Å². The zero-order chi connectivity index (χ0) is 14.7. The maximum Gasteiger partial charge on any atom is 0.293 e. The van der Waals surface area contributed by atoms with Crippen molar-refractivity contribution in [3.05, 3.63) is 33.9 Å². The fraction of sp³-hybridized carbons (Fsp3) is 0.500. The van der Waals surface area contributed by atoms with Gasteiger partial charge in [-0.15, -0.1) is 0 Å². The number of anilines is 1. The average molecular weight is 278 g/mol. The van der Waals surface area contributed by atoms with Crippen LogP contribution in [0.2, 0.25) is 0 Å². The van der Waals surface area contributed by atoms with Gasteiger partial charge in [0.25, 0.3) is 5.69 Å². The first-order valence-electron chi connectivity index (χ1n) is 6.68. The summed E-state index contributed by atoms with van der Waals surface area (Å²) in [4.78, 5) is 24.0. The molecule has 1 aliphatic heterocycles. The summed E-state index contributed by atoms with van der Waals surface area (Å²) in [5.41, 5.74) is 0.825. The summed E-state index contributed by atoms with van der Waals surface area (Å²) < 4.78 is 0. The Balaban J connectivity index is 2.35. The number of rotatable bonds is 4. The topological polar surface area (TPSA) is 83.7 Å². The van der Waals surface area contributed by atoms with E-state index in [0.29, 0.717) is 17.8 Å². The number of nitro groups is 1. The van der Waals surface area contributed by atoms with Gasteiger partial charge in [-0.2, -0.15) is 0 Å². The largest absolute Gasteiger partial charge is 0.396 e. The fourth-order valence-electron chi connectivity index (χ4n) is 2.59. The van der Waals surface area contributed by atoms with Gasteiger partial charge in [-0.1, -0.05) is 0 Å². The number of carbonyl (C=O) groups is 1. The van der Waals surface area contributed by atoms with Gasteiger partial charge in [0.1, 0.15) is 5.69 Å². The molecule has 1 aromatic rings. The number of Topliss-reactive ketones (excluding diaryl/α,β-unsaturated/α-hetero) is 1. The molecule has 0 radical (unpaired) electrons. The van der Waals surface area contributed by atoms with Crippen LogP contribution in [-0.4, -0.2) is 35.5 Å². The third-order valence-electron chi connectivity index (χ3n) is 3.70. The van der Waals surface area contributed by atoms with E-state index in [-0.39, 0.29) is 24.0 Å². The molecule has 1 saturated heterocycles. The Bertz CT molecular complexity index is 530. The molecule has 20 heavy (non-hydrogen) atoms. The van der Waals surface area contributed by atoms with Gasteiger partial charge in [0, 0.05) is 31.3 Å². The predicted octanol–water partition coefficient (Wildman–Crippen LogP) is 2.01. The third-order valence-corrected chi connectivity index (χ3v) is 3.70. The summed E-state index contributed by atoms with van der Waals surface area (Å²) in [6.07, 6.45) is 1.84. The van der Waals surface area contributed by atoms with Gasteiger partial charge in [-0.25, -0.2) is 0 Å². The van der Waals surface area contributed by atoms with Crippen LogP contribution in [0.5, 0.6) is 0 Å². The van der Waals surface area contributed by atoms with Crippen molar-refractivity contribution < 1.29 is 14.8 Å². The minimum atomic E-state index is -0.454. The molecule has 0 aliphatic carbocycles. The lowest BCUT2D eigenvalue weighted by atomic mass is 9.98. The minimum absolute atomic E-state index is 0.0451. The first-order chi connectivity index (χ1) is 9.52.